The Morgan fingerprint density at radius 1 is 1.11 bits per heavy atom. The molecule has 0 aromatic heterocycles. The zero-order valence-corrected chi connectivity index (χ0v) is 11.1. The summed E-state index contributed by atoms with van der Waals surface area (Å²) in [6.07, 6.45) is 0. The third kappa shape index (κ3) is 3.12. The van der Waals surface area contributed by atoms with E-state index in [0.717, 1.165) is 5.56 Å². The highest BCUT2D eigenvalue weighted by atomic mass is 32.2. The van der Waals surface area contributed by atoms with Gasteiger partial charge in [0.2, 0.25) is 0 Å². The van der Waals surface area contributed by atoms with Gasteiger partial charge in [0.15, 0.2) is 0 Å². The summed E-state index contributed by atoms with van der Waals surface area (Å²) in [7, 11) is -3.59. The number of hydrogen-bond donors (Lipinski definition) is 1. The zero-order valence-electron chi connectivity index (χ0n) is 10.3. The van der Waals surface area contributed by atoms with Crippen molar-refractivity contribution in [2.75, 3.05) is 4.72 Å². The van der Waals surface area contributed by atoms with Crippen LogP contribution < -0.4 is 4.72 Å². The second kappa shape index (κ2) is 5.12. The summed E-state index contributed by atoms with van der Waals surface area (Å²) in [5.41, 5.74) is 1.79. The molecule has 96 valence electrons. The van der Waals surface area contributed by atoms with Crippen molar-refractivity contribution in [1.29, 1.82) is 5.26 Å². The average Bonchev–Trinajstić information content (AvgIpc) is 2.39. The molecule has 0 aliphatic carbocycles. The van der Waals surface area contributed by atoms with Gasteiger partial charge in [-0.25, -0.2) is 8.42 Å². The van der Waals surface area contributed by atoms with E-state index in [1.807, 2.05) is 19.1 Å². The van der Waals surface area contributed by atoms with Gasteiger partial charge >= 0.3 is 0 Å². The summed E-state index contributed by atoms with van der Waals surface area (Å²) in [5.74, 6) is 0. The van der Waals surface area contributed by atoms with Gasteiger partial charge in [-0.15, -0.1) is 0 Å². The highest BCUT2D eigenvalue weighted by molar-refractivity contribution is 7.92. The van der Waals surface area contributed by atoms with Gasteiger partial charge in [-0.3, -0.25) is 4.72 Å². The number of benzene rings is 2. The topological polar surface area (TPSA) is 70.0 Å². The summed E-state index contributed by atoms with van der Waals surface area (Å²) in [6.45, 7) is 1.83. The molecule has 19 heavy (non-hydrogen) atoms. The summed E-state index contributed by atoms with van der Waals surface area (Å²) in [5, 5.41) is 8.68. The fourth-order valence-electron chi connectivity index (χ4n) is 1.61. The van der Waals surface area contributed by atoms with Crippen LogP contribution in [0.4, 0.5) is 5.69 Å². The lowest BCUT2D eigenvalue weighted by molar-refractivity contribution is 0.601. The molecule has 0 spiro atoms. The Bertz CT molecular complexity index is 729. The standard InChI is InChI=1S/C14H12N2O2S/c1-11-3-2-4-14(9-11)19(17,18)16-13-7-5-12(10-15)6-8-13/h2-9,16H,1H3. The number of sulfonamides is 1. The van der Waals surface area contributed by atoms with E-state index in [2.05, 4.69) is 4.72 Å². The molecule has 0 unspecified atom stereocenters. The second-order valence-electron chi connectivity index (χ2n) is 4.11. The molecule has 0 atom stereocenters. The van der Waals surface area contributed by atoms with Crippen molar-refractivity contribution >= 4 is 15.7 Å². The van der Waals surface area contributed by atoms with Crippen LogP contribution in [0.5, 0.6) is 0 Å². The maximum Gasteiger partial charge on any atom is 0.261 e. The third-order valence-electron chi connectivity index (χ3n) is 2.57. The molecule has 2 aromatic carbocycles. The van der Waals surface area contributed by atoms with Crippen molar-refractivity contribution in [2.45, 2.75) is 11.8 Å². The highest BCUT2D eigenvalue weighted by Crippen LogP contribution is 2.17. The Labute approximate surface area is 112 Å². The molecule has 2 rings (SSSR count). The van der Waals surface area contributed by atoms with Crippen LogP contribution in [0.25, 0.3) is 0 Å². The van der Waals surface area contributed by atoms with Gasteiger partial charge in [0, 0.05) is 5.69 Å². The van der Waals surface area contributed by atoms with Crippen LogP contribution in [0.1, 0.15) is 11.1 Å². The number of aryl methyl sites for hydroxylation is 1. The quantitative estimate of drug-likeness (QED) is 0.933. The molecule has 0 radical (unpaired) electrons. The van der Waals surface area contributed by atoms with Crippen LogP contribution in [0.2, 0.25) is 0 Å². The first kappa shape index (κ1) is 13.1. The van der Waals surface area contributed by atoms with Crippen molar-refractivity contribution in [3.63, 3.8) is 0 Å². The molecule has 0 aliphatic heterocycles. The Balaban J connectivity index is 2.28. The van der Waals surface area contributed by atoms with Crippen LogP contribution in [0, 0.1) is 18.3 Å². The summed E-state index contributed by atoms with van der Waals surface area (Å²) >= 11 is 0. The Morgan fingerprint density at radius 3 is 2.37 bits per heavy atom. The number of nitriles is 1. The molecule has 0 aliphatic rings. The van der Waals surface area contributed by atoms with E-state index in [9.17, 15) is 8.42 Å². The molecule has 0 saturated carbocycles. The Hall–Kier alpha value is -2.32. The first-order valence-corrected chi connectivity index (χ1v) is 7.09. The molecular weight excluding hydrogens is 260 g/mol. The Morgan fingerprint density at radius 2 is 1.79 bits per heavy atom. The maximum atomic E-state index is 12.1. The van der Waals surface area contributed by atoms with Crippen LogP contribution in [0.3, 0.4) is 0 Å². The number of anilines is 1. The molecule has 1 N–H and O–H groups in total. The molecule has 4 nitrogen and oxygen atoms in total. The molecule has 0 bridgehead atoms. The van der Waals surface area contributed by atoms with Crippen LogP contribution in [-0.2, 0) is 10.0 Å². The number of rotatable bonds is 3. The van der Waals surface area contributed by atoms with Gasteiger partial charge in [-0.2, -0.15) is 5.26 Å². The molecule has 2 aromatic rings. The molecule has 5 heteroatoms. The van der Waals surface area contributed by atoms with Crippen LogP contribution >= 0.6 is 0 Å². The first-order chi connectivity index (χ1) is 9.01. The van der Waals surface area contributed by atoms with Gasteiger partial charge in [-0.05, 0) is 48.9 Å². The van der Waals surface area contributed by atoms with Gasteiger partial charge in [-0.1, -0.05) is 12.1 Å². The molecule has 0 fully saturated rings. The normalized spacial score (nSPS) is 10.7. The minimum atomic E-state index is -3.59. The maximum absolute atomic E-state index is 12.1. The van der Waals surface area contributed by atoms with E-state index >= 15 is 0 Å². The largest absolute Gasteiger partial charge is 0.280 e. The molecule has 0 heterocycles. The average molecular weight is 272 g/mol. The Kier molecular flexibility index (Phi) is 3.54. The van der Waals surface area contributed by atoms with Crippen LogP contribution in [0.15, 0.2) is 53.4 Å². The first-order valence-electron chi connectivity index (χ1n) is 5.61. The van der Waals surface area contributed by atoms with Crippen molar-refractivity contribution < 1.29 is 8.42 Å². The lowest BCUT2D eigenvalue weighted by atomic mass is 10.2. The molecule has 0 amide bonds. The minimum Gasteiger partial charge on any atom is -0.280 e. The second-order valence-corrected chi connectivity index (χ2v) is 5.79. The fraction of sp³-hybridized carbons (Fsp3) is 0.0714. The zero-order chi connectivity index (χ0) is 13.9. The third-order valence-corrected chi connectivity index (χ3v) is 3.95. The van der Waals surface area contributed by atoms with Gasteiger partial charge < -0.3 is 0 Å². The fourth-order valence-corrected chi connectivity index (χ4v) is 2.77. The lowest BCUT2D eigenvalue weighted by Crippen LogP contribution is -2.12. The van der Waals surface area contributed by atoms with Crippen LogP contribution in [-0.4, -0.2) is 8.42 Å². The predicted molar refractivity (Wildman–Crippen MR) is 73.1 cm³/mol. The van der Waals surface area contributed by atoms with E-state index in [1.54, 1.807) is 42.5 Å². The minimum absolute atomic E-state index is 0.219. The number of nitrogens with one attached hydrogen (secondary N) is 1. The molecule has 0 saturated heterocycles. The number of hydrogen-bond acceptors (Lipinski definition) is 3. The monoisotopic (exact) mass is 272 g/mol. The number of nitrogens with zero attached hydrogens (tertiary/aromatic N) is 1. The summed E-state index contributed by atoms with van der Waals surface area (Å²) < 4.78 is 26.7. The van der Waals surface area contributed by atoms with Crippen molar-refractivity contribution in [1.82, 2.24) is 0 Å². The van der Waals surface area contributed by atoms with Gasteiger partial charge in [0.05, 0.1) is 16.5 Å². The van der Waals surface area contributed by atoms with Crippen molar-refractivity contribution in [3.8, 4) is 6.07 Å². The van der Waals surface area contributed by atoms with Gasteiger partial charge in [0.1, 0.15) is 0 Å². The van der Waals surface area contributed by atoms with E-state index in [1.165, 1.54) is 0 Å². The van der Waals surface area contributed by atoms with Gasteiger partial charge in [0.25, 0.3) is 10.0 Å². The van der Waals surface area contributed by atoms with E-state index < -0.39 is 10.0 Å². The van der Waals surface area contributed by atoms with E-state index in [4.69, 9.17) is 5.26 Å². The molecular formula is C14H12N2O2S. The SMILES string of the molecule is Cc1cccc(S(=O)(=O)Nc2ccc(C#N)cc2)c1. The van der Waals surface area contributed by atoms with Crippen molar-refractivity contribution in [3.05, 3.63) is 59.7 Å². The highest BCUT2D eigenvalue weighted by Gasteiger charge is 2.13. The van der Waals surface area contributed by atoms with Crippen molar-refractivity contribution in [2.24, 2.45) is 0 Å². The van der Waals surface area contributed by atoms with E-state index in [0.29, 0.717) is 11.3 Å². The summed E-state index contributed by atoms with van der Waals surface area (Å²) in [4.78, 5) is 0.219. The van der Waals surface area contributed by atoms with E-state index in [-0.39, 0.29) is 4.90 Å². The predicted octanol–water partition coefficient (Wildman–Crippen LogP) is 2.67. The lowest BCUT2D eigenvalue weighted by Gasteiger charge is -2.08. The smallest absolute Gasteiger partial charge is 0.261 e. The summed E-state index contributed by atoms with van der Waals surface area (Å²) in [6, 6.07) is 14.9.